The van der Waals surface area contributed by atoms with E-state index in [-0.39, 0.29) is 31.4 Å². The number of urea groups is 1. The van der Waals surface area contributed by atoms with Crippen molar-refractivity contribution in [2.24, 2.45) is 11.8 Å². The van der Waals surface area contributed by atoms with Crippen LogP contribution in [0.15, 0.2) is 42.5 Å². The largest absolute Gasteiger partial charge is 0.542 e. The van der Waals surface area contributed by atoms with Gasteiger partial charge in [-0.3, -0.25) is 9.63 Å². The molecule has 3 saturated heterocycles. The standard InChI is InChI=1S/C22H25N3O6/c26-19-10-18-13-25(30,21(29)24(18)31-14-15-6-2-1-3-7-15)22(19,20(27)28)23-11-16-8-4-5-9-17(16)12-23/h1-7,16-18,30H,8-14H2/t16?,17?,18-,22+,25?/m1/s1. The zero-order chi connectivity index (χ0) is 21.8. The van der Waals surface area contributed by atoms with Crippen LogP contribution in [-0.2, 0) is 21.0 Å². The van der Waals surface area contributed by atoms with Crippen LogP contribution in [0.4, 0.5) is 4.79 Å². The lowest BCUT2D eigenvalue weighted by molar-refractivity contribution is -1.07. The molecule has 1 aromatic rings. The maximum atomic E-state index is 13.3. The summed E-state index contributed by atoms with van der Waals surface area (Å²) in [4.78, 5) is 46.3. The SMILES string of the molecule is O=C([O-])[C@]1(N2CC3CC=CCC3C2)C(=O)C[C@@H]2C[N+]1(O)C(=O)N2OCc1ccccc1. The molecule has 9 nitrogen and oxygen atoms in total. The van der Waals surface area contributed by atoms with E-state index in [1.807, 2.05) is 30.3 Å². The lowest BCUT2D eigenvalue weighted by Crippen LogP contribution is -2.82. The number of aliphatic carboxylic acids is 1. The summed E-state index contributed by atoms with van der Waals surface area (Å²) < 4.78 is -1.56. The highest BCUT2D eigenvalue weighted by Gasteiger charge is 2.76. The van der Waals surface area contributed by atoms with Crippen molar-refractivity contribution in [1.82, 2.24) is 9.96 Å². The number of piperidine rings is 1. The van der Waals surface area contributed by atoms with Gasteiger partial charge in [0.25, 0.3) is 5.66 Å². The number of Topliss-reactive ketones (excluding diaryl/α,β-unsaturated/α-hetero) is 1. The normalized spacial score (nSPS) is 37.3. The van der Waals surface area contributed by atoms with Crippen LogP contribution in [0.5, 0.6) is 0 Å². The van der Waals surface area contributed by atoms with Gasteiger partial charge in [-0.05, 0) is 30.2 Å². The number of carboxylic acid groups (broad SMARTS) is 1. The summed E-state index contributed by atoms with van der Waals surface area (Å²) in [7, 11) is 0. The van der Waals surface area contributed by atoms with E-state index >= 15 is 0 Å². The highest BCUT2D eigenvalue weighted by atomic mass is 16.7. The van der Waals surface area contributed by atoms with E-state index in [9.17, 15) is 24.7 Å². The second kappa shape index (κ2) is 7.23. The molecule has 31 heavy (non-hydrogen) atoms. The van der Waals surface area contributed by atoms with Gasteiger partial charge in [-0.1, -0.05) is 47.1 Å². The Labute approximate surface area is 179 Å². The maximum Gasteiger partial charge on any atom is 0.478 e. The Morgan fingerprint density at radius 3 is 2.42 bits per heavy atom. The van der Waals surface area contributed by atoms with E-state index in [0.29, 0.717) is 13.1 Å². The summed E-state index contributed by atoms with van der Waals surface area (Å²) in [6.07, 6.45) is 5.47. The summed E-state index contributed by atoms with van der Waals surface area (Å²) in [6, 6.07) is 7.50. The van der Waals surface area contributed by atoms with E-state index in [0.717, 1.165) is 23.5 Å². The average molecular weight is 427 g/mol. The van der Waals surface area contributed by atoms with Gasteiger partial charge in [0.05, 0.1) is 0 Å². The Bertz CT molecular complexity index is 936. The highest BCUT2D eigenvalue weighted by molar-refractivity contribution is 6.07. The van der Waals surface area contributed by atoms with Crippen molar-refractivity contribution in [2.45, 2.75) is 37.6 Å². The van der Waals surface area contributed by atoms with Crippen molar-refractivity contribution in [3.63, 3.8) is 0 Å². The number of carbonyl (C=O) groups is 3. The second-order valence-corrected chi connectivity index (χ2v) is 8.93. The number of hydrogen-bond acceptors (Lipinski definition) is 7. The minimum Gasteiger partial charge on any atom is -0.542 e. The van der Waals surface area contributed by atoms with Crippen LogP contribution in [0.1, 0.15) is 24.8 Å². The van der Waals surface area contributed by atoms with Crippen molar-refractivity contribution < 1.29 is 34.2 Å². The number of likely N-dealkylation sites (tertiary alicyclic amines) is 1. The Morgan fingerprint density at radius 2 is 1.81 bits per heavy atom. The van der Waals surface area contributed by atoms with Crippen LogP contribution < -0.4 is 5.11 Å². The van der Waals surface area contributed by atoms with Crippen molar-refractivity contribution in [3.05, 3.63) is 48.0 Å². The lowest BCUT2D eigenvalue weighted by atomic mass is 9.86. The fourth-order valence-corrected chi connectivity index (χ4v) is 5.72. The first kappa shape index (κ1) is 20.3. The molecule has 2 amide bonds. The number of fused-ring (bicyclic) bond motifs is 3. The summed E-state index contributed by atoms with van der Waals surface area (Å²) in [5, 5.41) is 25.0. The van der Waals surface area contributed by atoms with Gasteiger partial charge in [0.15, 0.2) is 0 Å². The number of rotatable bonds is 5. The van der Waals surface area contributed by atoms with Crippen LogP contribution in [-0.4, -0.2) is 68.9 Å². The molecule has 4 aliphatic rings. The molecule has 2 bridgehead atoms. The molecule has 0 saturated carbocycles. The number of benzene rings is 1. The molecule has 1 N–H and O–H groups in total. The first-order valence-electron chi connectivity index (χ1n) is 10.6. The molecular formula is C22H25N3O6. The van der Waals surface area contributed by atoms with Crippen molar-refractivity contribution in [3.8, 4) is 0 Å². The zero-order valence-corrected chi connectivity index (χ0v) is 17.1. The number of carbonyl (C=O) groups excluding carboxylic acids is 3. The minimum atomic E-state index is -2.45. The summed E-state index contributed by atoms with van der Waals surface area (Å²) >= 11 is 0. The maximum absolute atomic E-state index is 13.3. The van der Waals surface area contributed by atoms with Gasteiger partial charge in [-0.15, -0.1) is 0 Å². The molecule has 0 spiro atoms. The first-order chi connectivity index (χ1) is 14.9. The van der Waals surface area contributed by atoms with Crippen molar-refractivity contribution in [1.29, 1.82) is 0 Å². The lowest BCUT2D eigenvalue weighted by Gasteiger charge is -2.47. The number of hydroxylamine groups is 5. The molecular weight excluding hydrogens is 402 g/mol. The summed E-state index contributed by atoms with van der Waals surface area (Å²) in [6.45, 7) is 0.461. The molecule has 9 heteroatoms. The van der Waals surface area contributed by atoms with Crippen molar-refractivity contribution >= 4 is 17.8 Å². The quantitative estimate of drug-likeness (QED) is 0.314. The molecule has 3 fully saturated rings. The van der Waals surface area contributed by atoms with Crippen LogP contribution in [0.2, 0.25) is 0 Å². The van der Waals surface area contributed by atoms with Gasteiger partial charge in [0, 0.05) is 19.5 Å². The van der Waals surface area contributed by atoms with Gasteiger partial charge in [-0.25, -0.2) is 14.9 Å². The highest BCUT2D eigenvalue weighted by Crippen LogP contribution is 2.46. The van der Waals surface area contributed by atoms with Crippen LogP contribution in [0.3, 0.4) is 0 Å². The molecule has 164 valence electrons. The molecule has 1 aliphatic carbocycles. The monoisotopic (exact) mass is 427 g/mol. The number of quaternary nitrogens is 1. The molecule has 5 rings (SSSR count). The van der Waals surface area contributed by atoms with Gasteiger partial charge < -0.3 is 9.90 Å². The third kappa shape index (κ3) is 2.81. The number of carboxylic acids is 1. The number of allylic oxidation sites excluding steroid dienone is 2. The summed E-state index contributed by atoms with van der Waals surface area (Å²) in [5.41, 5.74) is -1.64. The van der Waals surface area contributed by atoms with Gasteiger partial charge in [0.2, 0.25) is 5.78 Å². The first-order valence-corrected chi connectivity index (χ1v) is 10.6. The van der Waals surface area contributed by atoms with Gasteiger partial charge >= 0.3 is 6.03 Å². The second-order valence-electron chi connectivity index (χ2n) is 8.93. The van der Waals surface area contributed by atoms with Crippen LogP contribution >= 0.6 is 0 Å². The predicted octanol–water partition coefficient (Wildman–Crippen LogP) is 0.445. The topological polar surface area (TPSA) is 110 Å². The molecule has 1 aromatic carbocycles. The Hall–Kier alpha value is -2.59. The average Bonchev–Trinajstić information content (AvgIpc) is 3.26. The third-order valence-electron chi connectivity index (χ3n) is 7.23. The predicted molar refractivity (Wildman–Crippen MR) is 103 cm³/mol. The zero-order valence-electron chi connectivity index (χ0n) is 17.1. The van der Waals surface area contributed by atoms with Crippen molar-refractivity contribution in [2.75, 3.05) is 19.6 Å². The minimum absolute atomic E-state index is 0.0646. The smallest absolute Gasteiger partial charge is 0.478 e. The van der Waals surface area contributed by atoms with Gasteiger partial charge in [-0.2, -0.15) is 5.06 Å². The summed E-state index contributed by atoms with van der Waals surface area (Å²) in [5.74, 6) is -2.08. The Kier molecular flexibility index (Phi) is 4.74. The number of amides is 2. The Balaban J connectivity index is 1.46. The van der Waals surface area contributed by atoms with E-state index in [1.165, 1.54) is 4.90 Å². The molecule has 3 aliphatic heterocycles. The number of nitrogens with zero attached hydrogens (tertiary/aromatic N) is 3. The number of hydrogen-bond donors (Lipinski definition) is 1. The molecule has 3 heterocycles. The van der Waals surface area contributed by atoms with E-state index in [2.05, 4.69) is 12.2 Å². The molecule has 0 aromatic heterocycles. The number of ketones is 1. The van der Waals surface area contributed by atoms with Crippen LogP contribution in [0.25, 0.3) is 0 Å². The van der Waals surface area contributed by atoms with E-state index in [1.54, 1.807) is 0 Å². The third-order valence-corrected chi connectivity index (χ3v) is 7.23. The van der Waals surface area contributed by atoms with Crippen LogP contribution in [0, 0.1) is 11.8 Å². The molecule has 5 atom stereocenters. The molecule has 0 radical (unpaired) electrons. The molecule has 3 unspecified atom stereocenters. The van der Waals surface area contributed by atoms with Gasteiger partial charge in [0.1, 0.15) is 25.2 Å². The fourth-order valence-electron chi connectivity index (χ4n) is 5.72. The fraction of sp³-hybridized carbons (Fsp3) is 0.500. The van der Waals surface area contributed by atoms with E-state index in [4.69, 9.17) is 4.84 Å². The Morgan fingerprint density at radius 1 is 1.16 bits per heavy atom. The van der Waals surface area contributed by atoms with E-state index < -0.39 is 34.1 Å².